The van der Waals surface area contributed by atoms with Crippen LogP contribution in [0.4, 0.5) is 13.2 Å². The Morgan fingerprint density at radius 3 is 2.06 bits per heavy atom. The summed E-state index contributed by atoms with van der Waals surface area (Å²) in [5, 5.41) is 5.97. The van der Waals surface area contributed by atoms with Crippen molar-refractivity contribution in [3.05, 3.63) is 95.6 Å². The quantitative estimate of drug-likeness (QED) is 0.0456. The van der Waals surface area contributed by atoms with Crippen LogP contribution < -0.4 is 0 Å². The van der Waals surface area contributed by atoms with E-state index in [1.165, 1.54) is 0 Å². The number of hydrogen-bond donors (Lipinski definition) is 2. The molecule has 262 valence electrons. The van der Waals surface area contributed by atoms with Crippen LogP contribution in [0.5, 0.6) is 0 Å². The first kappa shape index (κ1) is 36.0. The SMILES string of the molecule is CCC(OS(=O)(=O)C(F)(F)C(F)CC(S)OC(=O)C12CC3CC(CC(O)(C3)C1)C2)c1ccc(C(=S)c2ccc(-c3ccccc3)cc2)cc1. The molecule has 7 rings (SSSR count). The molecule has 3 aromatic rings. The molecule has 0 saturated heterocycles. The lowest BCUT2D eigenvalue weighted by Crippen LogP contribution is -2.58. The highest BCUT2D eigenvalue weighted by atomic mass is 32.2. The second-order valence-corrected chi connectivity index (χ2v) is 16.6. The number of aliphatic hydroxyl groups is 1. The van der Waals surface area contributed by atoms with Gasteiger partial charge in [-0.15, -0.1) is 12.6 Å². The number of thiol groups is 1. The van der Waals surface area contributed by atoms with E-state index in [0.717, 1.165) is 23.1 Å². The van der Waals surface area contributed by atoms with Crippen LogP contribution in [0.25, 0.3) is 11.1 Å². The van der Waals surface area contributed by atoms with Gasteiger partial charge in [0.25, 0.3) is 0 Å². The van der Waals surface area contributed by atoms with Crippen molar-refractivity contribution in [1.29, 1.82) is 0 Å². The van der Waals surface area contributed by atoms with Crippen molar-refractivity contribution in [3.8, 4) is 11.1 Å². The molecule has 4 aliphatic carbocycles. The molecule has 0 radical (unpaired) electrons. The molecule has 49 heavy (non-hydrogen) atoms. The van der Waals surface area contributed by atoms with Gasteiger partial charge in [-0.2, -0.15) is 17.2 Å². The number of ether oxygens (including phenoxy) is 1. The van der Waals surface area contributed by atoms with Crippen LogP contribution in [0.2, 0.25) is 0 Å². The maximum Gasteiger partial charge on any atom is 0.400 e. The van der Waals surface area contributed by atoms with Crippen LogP contribution in [0.3, 0.4) is 0 Å². The molecule has 4 aliphatic rings. The summed E-state index contributed by atoms with van der Waals surface area (Å²) in [6, 6.07) is 24.0. The first-order valence-electron chi connectivity index (χ1n) is 16.5. The lowest BCUT2D eigenvalue weighted by molar-refractivity contribution is -0.197. The third-order valence-corrected chi connectivity index (χ3v) is 12.4. The summed E-state index contributed by atoms with van der Waals surface area (Å²) in [6.07, 6.45) is -2.39. The lowest BCUT2D eigenvalue weighted by atomic mass is 9.48. The number of hydrogen-bond acceptors (Lipinski definition) is 8. The number of alkyl halides is 3. The molecule has 0 aromatic heterocycles. The normalized spacial score (nSPS) is 26.6. The molecule has 4 saturated carbocycles. The number of carbonyl (C=O) groups is 1. The summed E-state index contributed by atoms with van der Waals surface area (Å²) < 4.78 is 81.2. The van der Waals surface area contributed by atoms with E-state index in [1.54, 1.807) is 31.2 Å². The molecule has 3 aromatic carbocycles. The lowest BCUT2D eigenvalue weighted by Gasteiger charge is -2.58. The van der Waals surface area contributed by atoms with Crippen molar-refractivity contribution < 1.29 is 40.4 Å². The van der Waals surface area contributed by atoms with Gasteiger partial charge in [-0.3, -0.25) is 8.98 Å². The van der Waals surface area contributed by atoms with Gasteiger partial charge in [0, 0.05) is 6.42 Å². The highest BCUT2D eigenvalue weighted by molar-refractivity contribution is 7.87. The van der Waals surface area contributed by atoms with E-state index >= 15 is 13.2 Å². The van der Waals surface area contributed by atoms with Crippen LogP contribution in [0.15, 0.2) is 78.9 Å². The van der Waals surface area contributed by atoms with Gasteiger partial charge in [-0.25, -0.2) is 4.39 Å². The van der Waals surface area contributed by atoms with Crippen LogP contribution >= 0.6 is 24.8 Å². The van der Waals surface area contributed by atoms with Crippen LogP contribution in [0.1, 0.15) is 81.1 Å². The zero-order valence-electron chi connectivity index (χ0n) is 26.9. The third-order valence-electron chi connectivity index (χ3n) is 10.2. The fourth-order valence-corrected chi connectivity index (χ4v) is 9.90. The van der Waals surface area contributed by atoms with Gasteiger partial charge < -0.3 is 9.84 Å². The zero-order chi connectivity index (χ0) is 35.2. The van der Waals surface area contributed by atoms with Crippen LogP contribution in [-0.4, -0.2) is 46.8 Å². The second-order valence-electron chi connectivity index (χ2n) is 13.9. The summed E-state index contributed by atoms with van der Waals surface area (Å²) in [5.41, 5.74) is 0.290. The summed E-state index contributed by atoms with van der Waals surface area (Å²) in [7, 11) is -5.78. The number of carbonyl (C=O) groups excluding carboxylic acids is 1. The van der Waals surface area contributed by atoms with Gasteiger partial charge in [0.1, 0.15) is 11.5 Å². The monoisotopic (exact) mass is 732 g/mol. The molecular formula is C37H39F3O6S3. The smallest absolute Gasteiger partial charge is 0.400 e. The minimum Gasteiger partial charge on any atom is -0.451 e. The second kappa shape index (κ2) is 13.7. The average molecular weight is 733 g/mol. The molecule has 0 aliphatic heterocycles. The van der Waals surface area contributed by atoms with E-state index in [1.807, 2.05) is 54.6 Å². The minimum absolute atomic E-state index is 0.000227. The molecule has 4 fully saturated rings. The fourth-order valence-electron chi connectivity index (χ4n) is 8.26. The Kier molecular flexibility index (Phi) is 10.1. The Labute approximate surface area is 295 Å². The Morgan fingerprint density at radius 2 is 1.51 bits per heavy atom. The highest BCUT2D eigenvalue weighted by Gasteiger charge is 2.61. The molecule has 12 heteroatoms. The van der Waals surface area contributed by atoms with Gasteiger partial charge in [0.15, 0.2) is 6.17 Å². The van der Waals surface area contributed by atoms with E-state index in [2.05, 4.69) is 12.6 Å². The molecule has 0 amide bonds. The first-order valence-corrected chi connectivity index (χ1v) is 18.8. The Bertz CT molecular complexity index is 1770. The molecule has 0 heterocycles. The maximum atomic E-state index is 15.2. The van der Waals surface area contributed by atoms with Crippen molar-refractivity contribution >= 4 is 45.8 Å². The molecule has 0 spiro atoms. The highest BCUT2D eigenvalue weighted by Crippen LogP contribution is 2.62. The van der Waals surface area contributed by atoms with Crippen molar-refractivity contribution in [2.24, 2.45) is 17.3 Å². The molecule has 1 N–H and O–H groups in total. The zero-order valence-corrected chi connectivity index (χ0v) is 29.5. The number of halogens is 3. The Balaban J connectivity index is 1.07. The van der Waals surface area contributed by atoms with Crippen molar-refractivity contribution in [3.63, 3.8) is 0 Å². The van der Waals surface area contributed by atoms with Crippen molar-refractivity contribution in [2.75, 3.05) is 0 Å². The molecule has 5 atom stereocenters. The van der Waals surface area contributed by atoms with Gasteiger partial charge in [-0.05, 0) is 84.6 Å². The molecule has 6 nitrogen and oxygen atoms in total. The predicted octanol–water partition coefficient (Wildman–Crippen LogP) is 8.37. The van der Waals surface area contributed by atoms with Crippen LogP contribution in [0, 0.1) is 17.3 Å². The number of esters is 1. The third kappa shape index (κ3) is 7.35. The predicted molar refractivity (Wildman–Crippen MR) is 188 cm³/mol. The van der Waals surface area contributed by atoms with E-state index in [-0.39, 0.29) is 24.7 Å². The van der Waals surface area contributed by atoms with E-state index in [9.17, 15) is 18.3 Å². The summed E-state index contributed by atoms with van der Waals surface area (Å²) in [5.74, 6) is -0.392. The van der Waals surface area contributed by atoms with E-state index < -0.39 is 56.5 Å². The Hall–Kier alpha value is -2.77. The van der Waals surface area contributed by atoms with E-state index in [4.69, 9.17) is 21.1 Å². The minimum atomic E-state index is -5.78. The van der Waals surface area contributed by atoms with Crippen LogP contribution in [-0.2, 0) is 23.8 Å². The molecule has 5 unspecified atom stereocenters. The summed E-state index contributed by atoms with van der Waals surface area (Å²) >= 11 is 9.68. The van der Waals surface area contributed by atoms with Gasteiger partial charge in [0.2, 0.25) is 0 Å². The molecule has 4 bridgehead atoms. The largest absolute Gasteiger partial charge is 0.451 e. The summed E-state index contributed by atoms with van der Waals surface area (Å²) in [4.78, 5) is 13.7. The topological polar surface area (TPSA) is 89.9 Å². The fraction of sp³-hybridized carbons (Fsp3) is 0.459. The summed E-state index contributed by atoms with van der Waals surface area (Å²) in [6.45, 7) is 1.56. The van der Waals surface area contributed by atoms with E-state index in [0.29, 0.717) is 41.7 Å². The number of rotatable bonds is 13. The standard InChI is InChI=1S/C37H39F3O6S3/c1-2-30(27-10-14-29(15-11-27)33(48)28-12-8-26(9-13-28)25-6-4-3-5-7-25)46-49(43,44)37(39,40)31(38)17-32(47)45-34(41)35-18-23-16-24(19-35)21-36(42,20-23)22-35/h3-15,23-24,30-32,42,47H,2,16-22H2,1H3. The van der Waals surface area contributed by atoms with Crippen molar-refractivity contribution in [1.82, 2.24) is 0 Å². The average Bonchev–Trinajstić information content (AvgIpc) is 3.06. The first-order chi connectivity index (χ1) is 23.1. The van der Waals surface area contributed by atoms with Crippen molar-refractivity contribution in [2.45, 2.75) is 86.9 Å². The number of thiocarbonyl (C=S) groups is 1. The molecular weight excluding hydrogens is 694 g/mol. The number of benzene rings is 3. The van der Waals surface area contributed by atoms with Gasteiger partial charge in [0.05, 0.1) is 15.9 Å². The maximum absolute atomic E-state index is 15.2. The van der Waals surface area contributed by atoms with Gasteiger partial charge >= 0.3 is 21.3 Å². The Morgan fingerprint density at radius 1 is 0.959 bits per heavy atom. The van der Waals surface area contributed by atoms with Gasteiger partial charge in [-0.1, -0.05) is 98.0 Å².